The molecule has 1 aliphatic carbocycles. The number of nitrogens with zero attached hydrogens (tertiary/aromatic N) is 1. The van der Waals surface area contributed by atoms with Crippen molar-refractivity contribution in [2.45, 2.75) is 19.3 Å². The Labute approximate surface area is 133 Å². The second-order valence-corrected chi connectivity index (χ2v) is 5.54. The van der Waals surface area contributed by atoms with E-state index in [2.05, 4.69) is 10.6 Å². The zero-order chi connectivity index (χ0) is 16.8. The predicted octanol–water partition coefficient (Wildman–Crippen LogP) is 1.62. The fraction of sp³-hybridized carbons (Fsp3) is 0.467. The first-order valence-electron chi connectivity index (χ1n) is 7.47. The fourth-order valence-corrected chi connectivity index (χ4v) is 2.75. The molecule has 0 spiro atoms. The van der Waals surface area contributed by atoms with Gasteiger partial charge in [-0.1, -0.05) is 12.1 Å². The Bertz CT molecular complexity index is 605. The number of nitro benzene ring substituents is 1. The molecule has 0 aliphatic heterocycles. The Kier molecular flexibility index (Phi) is 5.51. The zero-order valence-electron chi connectivity index (χ0n) is 12.5. The molecule has 0 aromatic heterocycles. The van der Waals surface area contributed by atoms with Crippen LogP contribution in [0.5, 0.6) is 0 Å². The maximum atomic E-state index is 12.0. The third-order valence-electron chi connectivity index (χ3n) is 3.99. The predicted molar refractivity (Wildman–Crippen MR) is 83.1 cm³/mol. The molecule has 23 heavy (non-hydrogen) atoms. The number of nitro groups is 1. The molecule has 0 bridgehead atoms. The van der Waals surface area contributed by atoms with E-state index < -0.39 is 16.8 Å². The Hall–Kier alpha value is -2.64. The Morgan fingerprint density at radius 2 is 1.91 bits per heavy atom. The van der Waals surface area contributed by atoms with Gasteiger partial charge in [-0.05, 0) is 25.3 Å². The van der Waals surface area contributed by atoms with E-state index >= 15 is 0 Å². The lowest BCUT2D eigenvalue weighted by Gasteiger charge is -2.12. The number of hydrogen-bond donors (Lipinski definition) is 3. The van der Waals surface area contributed by atoms with Gasteiger partial charge in [0.1, 0.15) is 5.69 Å². The molecule has 1 saturated carbocycles. The molecule has 0 heterocycles. The van der Waals surface area contributed by atoms with Crippen LogP contribution in [-0.4, -0.2) is 35.0 Å². The van der Waals surface area contributed by atoms with Gasteiger partial charge < -0.3 is 15.7 Å². The first-order valence-corrected chi connectivity index (χ1v) is 7.47. The molecule has 8 heteroatoms. The lowest BCUT2D eigenvalue weighted by molar-refractivity contribution is -0.384. The minimum atomic E-state index is -0.849. The smallest absolute Gasteiger partial charge is 0.306 e. The third-order valence-corrected chi connectivity index (χ3v) is 3.99. The molecule has 3 N–H and O–H groups in total. The van der Waals surface area contributed by atoms with E-state index in [1.807, 2.05) is 0 Å². The van der Waals surface area contributed by atoms with E-state index in [1.165, 1.54) is 6.07 Å². The molecule has 2 rings (SSSR count). The molecule has 8 nitrogen and oxygen atoms in total. The highest BCUT2D eigenvalue weighted by atomic mass is 16.6. The van der Waals surface area contributed by atoms with Crippen molar-refractivity contribution in [3.63, 3.8) is 0 Å². The summed E-state index contributed by atoms with van der Waals surface area (Å²) in [6.45, 7) is 0.671. The largest absolute Gasteiger partial charge is 0.481 e. The summed E-state index contributed by atoms with van der Waals surface area (Å²) >= 11 is 0. The second kappa shape index (κ2) is 7.57. The number of benzene rings is 1. The van der Waals surface area contributed by atoms with Gasteiger partial charge in [-0.25, -0.2) is 0 Å². The van der Waals surface area contributed by atoms with Gasteiger partial charge >= 0.3 is 5.97 Å². The van der Waals surface area contributed by atoms with Crippen LogP contribution < -0.4 is 10.6 Å². The average Bonchev–Trinajstić information content (AvgIpc) is 3.02. The van der Waals surface area contributed by atoms with Crippen LogP contribution in [0.15, 0.2) is 24.3 Å². The van der Waals surface area contributed by atoms with Crippen LogP contribution in [0.1, 0.15) is 19.3 Å². The van der Waals surface area contributed by atoms with Gasteiger partial charge in [0.15, 0.2) is 0 Å². The van der Waals surface area contributed by atoms with E-state index in [-0.39, 0.29) is 17.5 Å². The standard InChI is InChI=1S/C15H19N3O5/c19-14(10-5-6-11(9-10)15(20)21)17-8-7-16-12-3-1-2-4-13(12)18(22)23/h1-4,10-11,16H,5-9H2,(H,17,19)(H,20,21)/t10-,11+/m0/s1. The Balaban J connectivity index is 1.75. The monoisotopic (exact) mass is 321 g/mol. The van der Waals surface area contributed by atoms with Gasteiger partial charge in [0.05, 0.1) is 10.8 Å². The number of amides is 1. The van der Waals surface area contributed by atoms with Crippen LogP contribution in [0, 0.1) is 22.0 Å². The highest BCUT2D eigenvalue weighted by Crippen LogP contribution is 2.31. The number of aliphatic carboxylic acids is 1. The molecule has 1 aliphatic rings. The van der Waals surface area contributed by atoms with E-state index in [0.29, 0.717) is 38.0 Å². The van der Waals surface area contributed by atoms with Crippen molar-refractivity contribution in [1.82, 2.24) is 5.32 Å². The molecule has 1 amide bonds. The maximum absolute atomic E-state index is 12.0. The van der Waals surface area contributed by atoms with E-state index in [0.717, 1.165) is 0 Å². The quantitative estimate of drug-likeness (QED) is 0.398. The van der Waals surface area contributed by atoms with Crippen molar-refractivity contribution in [3.05, 3.63) is 34.4 Å². The molecule has 2 atom stereocenters. The number of anilines is 1. The number of carbonyl (C=O) groups is 2. The third kappa shape index (κ3) is 4.41. The minimum absolute atomic E-state index is 0.0149. The molecule has 0 radical (unpaired) electrons. The molecule has 0 saturated heterocycles. The van der Waals surface area contributed by atoms with Crippen molar-refractivity contribution in [3.8, 4) is 0 Å². The number of nitrogens with one attached hydrogen (secondary N) is 2. The van der Waals surface area contributed by atoms with Gasteiger partial charge in [-0.2, -0.15) is 0 Å². The molecule has 0 unspecified atom stereocenters. The molecule has 1 aromatic rings. The fourth-order valence-electron chi connectivity index (χ4n) is 2.75. The van der Waals surface area contributed by atoms with Crippen molar-refractivity contribution >= 4 is 23.3 Å². The van der Waals surface area contributed by atoms with Gasteiger partial charge in [-0.3, -0.25) is 19.7 Å². The summed E-state index contributed by atoms with van der Waals surface area (Å²) in [4.78, 5) is 33.2. The lowest BCUT2D eigenvalue weighted by Crippen LogP contribution is -2.33. The topological polar surface area (TPSA) is 122 Å². The molecular weight excluding hydrogens is 302 g/mol. The lowest BCUT2D eigenvalue weighted by atomic mass is 10.0. The van der Waals surface area contributed by atoms with E-state index in [4.69, 9.17) is 5.11 Å². The van der Waals surface area contributed by atoms with Crippen LogP contribution in [0.3, 0.4) is 0 Å². The molecule has 1 aromatic carbocycles. The molecule has 124 valence electrons. The van der Waals surface area contributed by atoms with Crippen LogP contribution in [0.2, 0.25) is 0 Å². The SMILES string of the molecule is O=C(O)[C@@H]1CC[C@H](C(=O)NCCNc2ccccc2[N+](=O)[O-])C1. The van der Waals surface area contributed by atoms with Gasteiger partial charge in [0, 0.05) is 25.1 Å². The van der Waals surface area contributed by atoms with Crippen LogP contribution in [0.4, 0.5) is 11.4 Å². The summed E-state index contributed by atoms with van der Waals surface area (Å²) in [5, 5.41) is 25.5. The number of para-hydroxylation sites is 2. The number of carboxylic acid groups (broad SMARTS) is 1. The van der Waals surface area contributed by atoms with Gasteiger partial charge in [0.2, 0.25) is 5.91 Å². The Morgan fingerprint density at radius 3 is 2.57 bits per heavy atom. The summed E-state index contributed by atoms with van der Waals surface area (Å²) in [6.07, 6.45) is 1.49. The van der Waals surface area contributed by atoms with Crippen molar-refractivity contribution in [2.75, 3.05) is 18.4 Å². The molecule has 1 fully saturated rings. The van der Waals surface area contributed by atoms with Crippen LogP contribution in [0.25, 0.3) is 0 Å². The average molecular weight is 321 g/mol. The number of rotatable bonds is 7. The van der Waals surface area contributed by atoms with Gasteiger partial charge in [0.25, 0.3) is 5.69 Å². The second-order valence-electron chi connectivity index (χ2n) is 5.54. The summed E-state index contributed by atoms with van der Waals surface area (Å²) in [7, 11) is 0. The summed E-state index contributed by atoms with van der Waals surface area (Å²) < 4.78 is 0. The highest BCUT2D eigenvalue weighted by molar-refractivity contribution is 5.80. The van der Waals surface area contributed by atoms with E-state index in [9.17, 15) is 19.7 Å². The summed E-state index contributed by atoms with van der Waals surface area (Å²) in [5.74, 6) is -1.70. The maximum Gasteiger partial charge on any atom is 0.306 e. The zero-order valence-corrected chi connectivity index (χ0v) is 12.5. The first-order chi connectivity index (χ1) is 11.0. The summed E-state index contributed by atoms with van der Waals surface area (Å²) in [6, 6.07) is 6.29. The Morgan fingerprint density at radius 1 is 1.22 bits per heavy atom. The summed E-state index contributed by atoms with van der Waals surface area (Å²) in [5.41, 5.74) is 0.387. The van der Waals surface area contributed by atoms with Crippen molar-refractivity contribution in [2.24, 2.45) is 11.8 Å². The minimum Gasteiger partial charge on any atom is -0.481 e. The number of hydrogen-bond acceptors (Lipinski definition) is 5. The van der Waals surface area contributed by atoms with Crippen molar-refractivity contribution in [1.29, 1.82) is 0 Å². The highest BCUT2D eigenvalue weighted by Gasteiger charge is 2.33. The molecular formula is C15H19N3O5. The van der Waals surface area contributed by atoms with E-state index in [1.54, 1.807) is 18.2 Å². The number of carboxylic acids is 1. The first kappa shape index (κ1) is 16.7. The normalized spacial score (nSPS) is 20.0. The van der Waals surface area contributed by atoms with Crippen LogP contribution >= 0.6 is 0 Å². The van der Waals surface area contributed by atoms with Crippen molar-refractivity contribution < 1.29 is 19.6 Å². The number of carbonyl (C=O) groups excluding carboxylic acids is 1. The van der Waals surface area contributed by atoms with Gasteiger partial charge in [-0.15, -0.1) is 0 Å². The van der Waals surface area contributed by atoms with Crippen LogP contribution in [-0.2, 0) is 9.59 Å².